The first kappa shape index (κ1) is 12.4. The van der Waals surface area contributed by atoms with Crippen LogP contribution in [0.15, 0.2) is 0 Å². The van der Waals surface area contributed by atoms with Gasteiger partial charge in [0.15, 0.2) is 9.84 Å². The normalized spacial score (nSPS) is 31.7. The number of aliphatic carboxylic acids is 1. The highest BCUT2D eigenvalue weighted by Gasteiger charge is 2.48. The van der Waals surface area contributed by atoms with Crippen molar-refractivity contribution in [2.24, 2.45) is 5.41 Å². The molecule has 0 spiro atoms. The molecular weight excluding hydrogens is 220 g/mol. The van der Waals surface area contributed by atoms with E-state index in [1.165, 1.54) is 0 Å². The van der Waals surface area contributed by atoms with E-state index >= 15 is 0 Å². The minimum Gasteiger partial charge on any atom is -0.481 e. The first-order valence-electron chi connectivity index (χ1n) is 4.94. The van der Waals surface area contributed by atoms with Gasteiger partial charge in [0.1, 0.15) is 0 Å². The van der Waals surface area contributed by atoms with Gasteiger partial charge in [-0.1, -0.05) is 6.92 Å². The second-order valence-corrected chi connectivity index (χ2v) is 6.63. The predicted molar refractivity (Wildman–Crippen MR) is 54.3 cm³/mol. The summed E-state index contributed by atoms with van der Waals surface area (Å²) in [6.45, 7) is 1.06. The van der Waals surface area contributed by atoms with Crippen molar-refractivity contribution in [3.05, 3.63) is 0 Å². The Morgan fingerprint density at radius 2 is 2.13 bits per heavy atom. The van der Waals surface area contributed by atoms with Crippen molar-refractivity contribution in [3.63, 3.8) is 0 Å². The van der Waals surface area contributed by atoms with Crippen LogP contribution in [-0.4, -0.2) is 42.2 Å². The zero-order valence-electron chi connectivity index (χ0n) is 8.64. The molecule has 2 N–H and O–H groups in total. The predicted octanol–water partition coefficient (Wildman–Crippen LogP) is 0.0369. The van der Waals surface area contributed by atoms with Gasteiger partial charge < -0.3 is 10.2 Å². The van der Waals surface area contributed by atoms with Crippen LogP contribution in [0.2, 0.25) is 0 Å². The lowest BCUT2D eigenvalue weighted by Crippen LogP contribution is -2.33. The van der Waals surface area contributed by atoms with Gasteiger partial charge in [0.2, 0.25) is 0 Å². The van der Waals surface area contributed by atoms with Gasteiger partial charge in [0.25, 0.3) is 0 Å². The van der Waals surface area contributed by atoms with E-state index in [-0.39, 0.29) is 18.6 Å². The minimum absolute atomic E-state index is 0.0266. The minimum atomic E-state index is -3.19. The highest BCUT2D eigenvalue weighted by molar-refractivity contribution is 7.92. The van der Waals surface area contributed by atoms with Crippen LogP contribution in [0.25, 0.3) is 0 Å². The summed E-state index contributed by atoms with van der Waals surface area (Å²) in [5, 5.41) is 17.4. The van der Waals surface area contributed by atoms with Crippen LogP contribution in [0, 0.1) is 5.41 Å². The first-order chi connectivity index (χ1) is 6.88. The largest absolute Gasteiger partial charge is 0.481 e. The standard InChI is InChI=1S/C9H16O5S/c1-2-15(13,14)7-3-4-9(5-7,6-10)8(11)12/h7,10H,2-6H2,1H3,(H,11,12)/t7-,9+/m0/s1. The Kier molecular flexibility index (Phi) is 3.40. The maximum atomic E-state index is 11.6. The SMILES string of the molecule is CCS(=O)(=O)[C@H]1CC[C@@](CO)(C(=O)O)C1. The average molecular weight is 236 g/mol. The molecule has 0 aromatic carbocycles. The van der Waals surface area contributed by atoms with E-state index in [1.807, 2.05) is 0 Å². The number of carboxylic acids is 1. The number of hydrogen-bond acceptors (Lipinski definition) is 4. The molecule has 0 heterocycles. The van der Waals surface area contributed by atoms with Gasteiger partial charge in [0, 0.05) is 5.75 Å². The van der Waals surface area contributed by atoms with Crippen LogP contribution < -0.4 is 0 Å². The molecule has 1 saturated carbocycles. The Morgan fingerprint density at radius 1 is 1.53 bits per heavy atom. The summed E-state index contributed by atoms with van der Waals surface area (Å²) in [4.78, 5) is 11.0. The lowest BCUT2D eigenvalue weighted by atomic mass is 9.88. The third kappa shape index (κ3) is 2.15. The van der Waals surface area contributed by atoms with E-state index in [0.717, 1.165) is 0 Å². The molecule has 0 unspecified atom stereocenters. The number of sulfone groups is 1. The average Bonchev–Trinajstić information content (AvgIpc) is 2.63. The summed E-state index contributed by atoms with van der Waals surface area (Å²) < 4.78 is 23.1. The second-order valence-electron chi connectivity index (χ2n) is 4.06. The molecule has 2 atom stereocenters. The zero-order valence-corrected chi connectivity index (χ0v) is 9.46. The quantitative estimate of drug-likeness (QED) is 0.719. The third-order valence-corrected chi connectivity index (χ3v) is 5.45. The molecular formula is C9H16O5S. The smallest absolute Gasteiger partial charge is 0.312 e. The molecule has 5 nitrogen and oxygen atoms in total. The molecule has 88 valence electrons. The summed E-state index contributed by atoms with van der Waals surface area (Å²) in [7, 11) is -3.19. The number of carbonyl (C=O) groups is 1. The fraction of sp³-hybridized carbons (Fsp3) is 0.889. The van der Waals surface area contributed by atoms with Crippen LogP contribution >= 0.6 is 0 Å². The van der Waals surface area contributed by atoms with E-state index in [4.69, 9.17) is 10.2 Å². The molecule has 1 aliphatic rings. The van der Waals surface area contributed by atoms with Crippen molar-refractivity contribution in [2.75, 3.05) is 12.4 Å². The Bertz CT molecular complexity index is 348. The van der Waals surface area contributed by atoms with Crippen molar-refractivity contribution in [2.45, 2.75) is 31.4 Å². The highest BCUT2D eigenvalue weighted by Crippen LogP contribution is 2.41. The lowest BCUT2D eigenvalue weighted by Gasteiger charge is -2.20. The maximum absolute atomic E-state index is 11.6. The molecule has 0 saturated heterocycles. The molecule has 1 rings (SSSR count). The molecule has 1 fully saturated rings. The van der Waals surface area contributed by atoms with Gasteiger partial charge >= 0.3 is 5.97 Å². The molecule has 0 amide bonds. The lowest BCUT2D eigenvalue weighted by molar-refractivity contribution is -0.151. The van der Waals surface area contributed by atoms with Gasteiger partial charge in [-0.15, -0.1) is 0 Å². The summed E-state index contributed by atoms with van der Waals surface area (Å²) in [5.74, 6) is -1.07. The zero-order chi connectivity index (χ0) is 11.7. The van der Waals surface area contributed by atoms with E-state index in [9.17, 15) is 13.2 Å². The van der Waals surface area contributed by atoms with Crippen molar-refractivity contribution in [1.82, 2.24) is 0 Å². The summed E-state index contributed by atoms with van der Waals surface area (Å²) in [6.07, 6.45) is 0.612. The fourth-order valence-corrected chi connectivity index (χ4v) is 3.55. The Morgan fingerprint density at radius 3 is 2.47 bits per heavy atom. The molecule has 0 aromatic rings. The topological polar surface area (TPSA) is 91.7 Å². The number of hydrogen-bond donors (Lipinski definition) is 2. The monoisotopic (exact) mass is 236 g/mol. The van der Waals surface area contributed by atoms with Crippen LogP contribution in [0.1, 0.15) is 26.2 Å². The number of aliphatic hydroxyl groups is 1. The molecule has 0 radical (unpaired) electrons. The van der Waals surface area contributed by atoms with Gasteiger partial charge in [-0.05, 0) is 19.3 Å². The number of carboxylic acid groups (broad SMARTS) is 1. The van der Waals surface area contributed by atoms with E-state index in [0.29, 0.717) is 6.42 Å². The van der Waals surface area contributed by atoms with Crippen molar-refractivity contribution in [1.29, 1.82) is 0 Å². The molecule has 0 aliphatic heterocycles. The molecule has 0 bridgehead atoms. The first-order valence-corrected chi connectivity index (χ1v) is 6.65. The summed E-state index contributed by atoms with van der Waals surface area (Å²) in [5.41, 5.74) is -1.24. The van der Waals surface area contributed by atoms with Crippen molar-refractivity contribution in [3.8, 4) is 0 Å². The summed E-state index contributed by atoms with van der Waals surface area (Å²) >= 11 is 0. The molecule has 6 heteroatoms. The Balaban J connectivity index is 2.87. The Hall–Kier alpha value is -0.620. The number of aliphatic hydroxyl groups excluding tert-OH is 1. The van der Waals surface area contributed by atoms with Crippen molar-refractivity contribution >= 4 is 15.8 Å². The van der Waals surface area contributed by atoms with Crippen LogP contribution in [0.4, 0.5) is 0 Å². The second kappa shape index (κ2) is 4.09. The fourth-order valence-electron chi connectivity index (χ4n) is 2.02. The highest BCUT2D eigenvalue weighted by atomic mass is 32.2. The summed E-state index contributed by atoms with van der Waals surface area (Å²) in [6, 6.07) is 0. The van der Waals surface area contributed by atoms with Gasteiger partial charge in [-0.3, -0.25) is 4.79 Å². The van der Waals surface area contributed by atoms with E-state index < -0.39 is 33.1 Å². The van der Waals surface area contributed by atoms with E-state index in [1.54, 1.807) is 6.92 Å². The van der Waals surface area contributed by atoms with Gasteiger partial charge in [0.05, 0.1) is 17.3 Å². The van der Waals surface area contributed by atoms with Gasteiger partial charge in [-0.25, -0.2) is 8.42 Å². The maximum Gasteiger partial charge on any atom is 0.312 e. The van der Waals surface area contributed by atoms with Gasteiger partial charge in [-0.2, -0.15) is 0 Å². The third-order valence-electron chi connectivity index (χ3n) is 3.23. The van der Waals surface area contributed by atoms with Crippen LogP contribution in [0.3, 0.4) is 0 Å². The van der Waals surface area contributed by atoms with Crippen molar-refractivity contribution < 1.29 is 23.4 Å². The number of rotatable bonds is 4. The van der Waals surface area contributed by atoms with Crippen LogP contribution in [0.5, 0.6) is 0 Å². The molecule has 0 aromatic heterocycles. The van der Waals surface area contributed by atoms with Crippen LogP contribution in [-0.2, 0) is 14.6 Å². The Labute approximate surface area is 89.0 Å². The van der Waals surface area contributed by atoms with E-state index in [2.05, 4.69) is 0 Å². The molecule has 15 heavy (non-hydrogen) atoms. The molecule has 1 aliphatic carbocycles.